The zero-order valence-corrected chi connectivity index (χ0v) is 20.9. The van der Waals surface area contributed by atoms with Crippen LogP contribution in [0.15, 0.2) is 4.99 Å². The van der Waals surface area contributed by atoms with Gasteiger partial charge in [-0.05, 0) is 52.4 Å². The fourth-order valence-corrected chi connectivity index (χ4v) is 5.04. The quantitative estimate of drug-likeness (QED) is 0.231. The minimum absolute atomic E-state index is 0. The number of nitrogens with one attached hydrogen (secondary N) is 3. The summed E-state index contributed by atoms with van der Waals surface area (Å²) < 4.78 is 32.7. The van der Waals surface area contributed by atoms with Gasteiger partial charge in [-0.25, -0.2) is 13.1 Å². The maximum absolute atomic E-state index is 12.2. The minimum Gasteiger partial charge on any atom is -0.377 e. The predicted octanol–water partition coefficient (Wildman–Crippen LogP) is 1.27. The summed E-state index contributed by atoms with van der Waals surface area (Å²) in [6.07, 6.45) is 6.84. The molecule has 1 saturated carbocycles. The normalized spacial score (nSPS) is 28.8. The molecule has 3 N–H and O–H groups in total. The number of hydrogen-bond donors (Lipinski definition) is 3. The number of aliphatic imine (C=N–C) groups is 1. The molecule has 0 bridgehead atoms. The molecule has 3 atom stereocenters. The van der Waals surface area contributed by atoms with Gasteiger partial charge in [0.05, 0.1) is 18.4 Å². The highest BCUT2D eigenvalue weighted by molar-refractivity contribution is 14.0. The van der Waals surface area contributed by atoms with Crippen molar-refractivity contribution in [2.24, 2.45) is 4.99 Å². The summed E-state index contributed by atoms with van der Waals surface area (Å²) in [5.74, 6) is 0.703. The van der Waals surface area contributed by atoms with E-state index in [1.165, 1.54) is 12.8 Å². The van der Waals surface area contributed by atoms with Gasteiger partial charge < -0.3 is 15.4 Å². The second-order valence-corrected chi connectivity index (χ2v) is 10.2. The molecule has 0 radical (unpaired) electrons. The molecule has 1 aliphatic carbocycles. The maximum atomic E-state index is 12.2. The standard InChI is InChI=1S/C19H37N5O3S.HI/c1-3-20-19(23-16-12-15(2)24(14-16)17-7-8-17)21-9-11-28(25,26)22-13-18-6-4-5-10-27-18;/h15-18,22H,3-14H2,1-2H3,(H2,20,21,23);1H. The Hall–Kier alpha value is -0.170. The van der Waals surface area contributed by atoms with Crippen molar-refractivity contribution in [1.29, 1.82) is 0 Å². The second kappa shape index (κ2) is 12.0. The molecule has 0 amide bonds. The Labute approximate surface area is 193 Å². The van der Waals surface area contributed by atoms with Gasteiger partial charge in [-0.1, -0.05) is 0 Å². The fourth-order valence-electron chi connectivity index (χ4n) is 4.13. The Morgan fingerprint density at radius 1 is 1.24 bits per heavy atom. The van der Waals surface area contributed by atoms with E-state index in [4.69, 9.17) is 4.74 Å². The predicted molar refractivity (Wildman–Crippen MR) is 128 cm³/mol. The molecule has 29 heavy (non-hydrogen) atoms. The molecule has 3 rings (SSSR count). The average Bonchev–Trinajstić information content (AvgIpc) is 3.44. The first-order chi connectivity index (χ1) is 13.5. The van der Waals surface area contributed by atoms with E-state index in [0.29, 0.717) is 24.6 Å². The van der Waals surface area contributed by atoms with Crippen LogP contribution in [-0.4, -0.2) is 82.0 Å². The Balaban J connectivity index is 0.00000300. The molecule has 0 aromatic rings. The molecule has 2 heterocycles. The van der Waals surface area contributed by atoms with Crippen molar-refractivity contribution in [2.45, 2.75) is 76.6 Å². The van der Waals surface area contributed by atoms with E-state index in [1.807, 2.05) is 6.92 Å². The minimum atomic E-state index is -3.34. The summed E-state index contributed by atoms with van der Waals surface area (Å²) >= 11 is 0. The monoisotopic (exact) mass is 543 g/mol. The third-order valence-corrected chi connectivity index (χ3v) is 7.09. The van der Waals surface area contributed by atoms with E-state index < -0.39 is 10.0 Å². The van der Waals surface area contributed by atoms with E-state index in [9.17, 15) is 8.42 Å². The van der Waals surface area contributed by atoms with Crippen LogP contribution in [0.2, 0.25) is 0 Å². The molecule has 170 valence electrons. The number of rotatable bonds is 9. The van der Waals surface area contributed by atoms with Crippen LogP contribution in [-0.2, 0) is 14.8 Å². The van der Waals surface area contributed by atoms with Gasteiger partial charge in [-0.2, -0.15) is 0 Å². The first-order valence-electron chi connectivity index (χ1n) is 10.9. The maximum Gasteiger partial charge on any atom is 0.213 e. The lowest BCUT2D eigenvalue weighted by Crippen LogP contribution is -2.45. The van der Waals surface area contributed by atoms with Crippen LogP contribution in [0.25, 0.3) is 0 Å². The van der Waals surface area contributed by atoms with Gasteiger partial charge in [0.15, 0.2) is 5.96 Å². The number of nitrogens with zero attached hydrogens (tertiary/aromatic N) is 2. The van der Waals surface area contributed by atoms with Crippen molar-refractivity contribution in [2.75, 3.05) is 38.5 Å². The summed E-state index contributed by atoms with van der Waals surface area (Å²) in [4.78, 5) is 7.08. The van der Waals surface area contributed by atoms with Crippen LogP contribution in [0.3, 0.4) is 0 Å². The highest BCUT2D eigenvalue weighted by Gasteiger charge is 2.38. The molecule has 8 nitrogen and oxygen atoms in total. The van der Waals surface area contributed by atoms with E-state index in [-0.39, 0.29) is 42.4 Å². The third-order valence-electron chi connectivity index (χ3n) is 5.76. The fraction of sp³-hybridized carbons (Fsp3) is 0.947. The molecular formula is C19H38IN5O3S. The van der Waals surface area contributed by atoms with Crippen molar-refractivity contribution in [1.82, 2.24) is 20.3 Å². The van der Waals surface area contributed by atoms with E-state index in [0.717, 1.165) is 51.4 Å². The molecule has 10 heteroatoms. The van der Waals surface area contributed by atoms with Gasteiger partial charge in [0.1, 0.15) is 0 Å². The largest absolute Gasteiger partial charge is 0.377 e. The van der Waals surface area contributed by atoms with Crippen LogP contribution >= 0.6 is 24.0 Å². The Morgan fingerprint density at radius 3 is 2.69 bits per heavy atom. The van der Waals surface area contributed by atoms with Crippen LogP contribution in [0.1, 0.15) is 52.4 Å². The Morgan fingerprint density at radius 2 is 2.03 bits per heavy atom. The molecule has 3 aliphatic rings. The van der Waals surface area contributed by atoms with E-state index in [2.05, 4.69) is 32.2 Å². The van der Waals surface area contributed by atoms with Gasteiger partial charge in [0.25, 0.3) is 0 Å². The molecule has 2 saturated heterocycles. The van der Waals surface area contributed by atoms with Gasteiger partial charge >= 0.3 is 0 Å². The van der Waals surface area contributed by atoms with Gasteiger partial charge in [0.2, 0.25) is 10.0 Å². The summed E-state index contributed by atoms with van der Waals surface area (Å²) in [7, 11) is -3.34. The van der Waals surface area contributed by atoms with Crippen molar-refractivity contribution in [3.63, 3.8) is 0 Å². The number of guanidine groups is 1. The van der Waals surface area contributed by atoms with Crippen LogP contribution in [0.5, 0.6) is 0 Å². The Bertz CT molecular complexity index is 623. The average molecular weight is 544 g/mol. The number of ether oxygens (including phenoxy) is 1. The lowest BCUT2D eigenvalue weighted by Gasteiger charge is -2.22. The van der Waals surface area contributed by atoms with Gasteiger partial charge in [-0.15, -0.1) is 24.0 Å². The summed E-state index contributed by atoms with van der Waals surface area (Å²) in [6, 6.07) is 1.73. The molecule has 0 aromatic heterocycles. The summed E-state index contributed by atoms with van der Waals surface area (Å²) in [5.41, 5.74) is 0. The number of halogens is 1. The molecule has 3 fully saturated rings. The smallest absolute Gasteiger partial charge is 0.213 e. The zero-order chi connectivity index (χ0) is 20.0. The molecule has 0 spiro atoms. The summed E-state index contributed by atoms with van der Waals surface area (Å²) in [6.45, 7) is 7.44. The topological polar surface area (TPSA) is 95.1 Å². The molecule has 0 aromatic carbocycles. The molecule has 3 unspecified atom stereocenters. The Kier molecular flexibility index (Phi) is 10.4. The van der Waals surface area contributed by atoms with Gasteiger partial charge in [0, 0.05) is 44.4 Å². The summed E-state index contributed by atoms with van der Waals surface area (Å²) in [5, 5.41) is 6.73. The molecule has 2 aliphatic heterocycles. The van der Waals surface area contributed by atoms with Crippen molar-refractivity contribution in [3.8, 4) is 0 Å². The first kappa shape index (κ1) is 25.1. The lowest BCUT2D eigenvalue weighted by atomic mass is 10.1. The highest BCUT2D eigenvalue weighted by atomic mass is 127. The van der Waals surface area contributed by atoms with Crippen molar-refractivity contribution >= 4 is 40.0 Å². The number of likely N-dealkylation sites (tertiary alicyclic amines) is 1. The van der Waals surface area contributed by atoms with Crippen molar-refractivity contribution < 1.29 is 13.2 Å². The van der Waals surface area contributed by atoms with Crippen LogP contribution in [0, 0.1) is 0 Å². The number of sulfonamides is 1. The van der Waals surface area contributed by atoms with E-state index >= 15 is 0 Å². The van der Waals surface area contributed by atoms with E-state index in [1.54, 1.807) is 0 Å². The van der Waals surface area contributed by atoms with Crippen molar-refractivity contribution in [3.05, 3.63) is 0 Å². The van der Waals surface area contributed by atoms with Crippen LogP contribution < -0.4 is 15.4 Å². The highest BCUT2D eigenvalue weighted by Crippen LogP contribution is 2.33. The third kappa shape index (κ3) is 8.47. The first-order valence-corrected chi connectivity index (χ1v) is 12.5. The number of hydrogen-bond acceptors (Lipinski definition) is 5. The second-order valence-electron chi connectivity index (χ2n) is 8.27. The lowest BCUT2D eigenvalue weighted by molar-refractivity contribution is 0.0200. The zero-order valence-electron chi connectivity index (χ0n) is 17.7. The van der Waals surface area contributed by atoms with Crippen LogP contribution in [0.4, 0.5) is 0 Å². The SMILES string of the molecule is CCNC(=NCCS(=O)(=O)NCC1CCCCO1)NC1CC(C)N(C2CC2)C1.I. The molecular weight excluding hydrogens is 505 g/mol. The van der Waals surface area contributed by atoms with Gasteiger partial charge in [-0.3, -0.25) is 9.89 Å².